The van der Waals surface area contributed by atoms with Gasteiger partial charge in [-0.05, 0) is 50.4 Å². The molecule has 138 valence electrons. The third kappa shape index (κ3) is 4.40. The van der Waals surface area contributed by atoms with Crippen LogP contribution < -0.4 is 0 Å². The van der Waals surface area contributed by atoms with Gasteiger partial charge in [-0.3, -0.25) is 9.88 Å². The Kier molecular flexibility index (Phi) is 5.98. The highest BCUT2D eigenvalue weighted by Gasteiger charge is 2.42. The van der Waals surface area contributed by atoms with Crippen LogP contribution in [0.2, 0.25) is 0 Å². The van der Waals surface area contributed by atoms with Crippen molar-refractivity contribution in [2.45, 2.75) is 57.0 Å². The Hall–Kier alpha value is -1.01. The van der Waals surface area contributed by atoms with Crippen molar-refractivity contribution < 1.29 is 9.47 Å². The van der Waals surface area contributed by atoms with Gasteiger partial charge >= 0.3 is 0 Å². The maximum Gasteiger partial charge on any atom is 0.0995 e. The smallest absolute Gasteiger partial charge is 0.0995 e. The monoisotopic (exact) mass is 345 g/mol. The third-order valence-corrected chi connectivity index (χ3v) is 5.99. The summed E-state index contributed by atoms with van der Waals surface area (Å²) < 4.78 is 12.5. The summed E-state index contributed by atoms with van der Waals surface area (Å²) in [6.07, 6.45) is 10.6. The molecule has 0 amide bonds. The molecule has 4 rings (SSSR count). The van der Waals surface area contributed by atoms with Gasteiger partial charge in [-0.15, -0.1) is 0 Å². The number of nitrogens with zero attached hydrogens (tertiary/aromatic N) is 3. The second-order valence-electron chi connectivity index (χ2n) is 7.63. The van der Waals surface area contributed by atoms with E-state index < -0.39 is 0 Å². The summed E-state index contributed by atoms with van der Waals surface area (Å²) >= 11 is 0. The quantitative estimate of drug-likeness (QED) is 0.791. The highest BCUT2D eigenvalue weighted by atomic mass is 16.5. The molecule has 1 aromatic rings. The van der Waals surface area contributed by atoms with Gasteiger partial charge in [0, 0.05) is 38.1 Å². The lowest BCUT2D eigenvalue weighted by Gasteiger charge is -2.34. The number of aromatic nitrogens is 1. The molecule has 3 atom stereocenters. The molecule has 0 spiro atoms. The first-order chi connectivity index (χ1) is 12.4. The van der Waals surface area contributed by atoms with E-state index >= 15 is 0 Å². The molecule has 2 saturated heterocycles. The van der Waals surface area contributed by atoms with Crippen molar-refractivity contribution in [3.63, 3.8) is 0 Å². The van der Waals surface area contributed by atoms with Gasteiger partial charge in [-0.1, -0.05) is 12.5 Å². The first kappa shape index (κ1) is 17.4. The minimum atomic E-state index is 0.198. The Bertz CT molecular complexity index is 521. The fourth-order valence-electron chi connectivity index (χ4n) is 4.59. The average Bonchev–Trinajstić information content (AvgIpc) is 2.97. The van der Waals surface area contributed by atoms with Crippen LogP contribution in [0.3, 0.4) is 0 Å². The van der Waals surface area contributed by atoms with Crippen molar-refractivity contribution >= 4 is 0 Å². The van der Waals surface area contributed by atoms with E-state index in [-0.39, 0.29) is 12.2 Å². The summed E-state index contributed by atoms with van der Waals surface area (Å²) in [5.41, 5.74) is 1.14. The van der Waals surface area contributed by atoms with Gasteiger partial charge < -0.3 is 14.4 Å². The van der Waals surface area contributed by atoms with Crippen LogP contribution in [0.1, 0.15) is 37.7 Å². The standard InChI is InChI=1S/C20H31N3O2/c1-2-9-22(10-3-1)11-12-23-13-14-24-19-7-6-18(23)20(19)25-16-17-5-4-8-21-15-17/h4-5,8,15,18-20H,1-3,6-7,9-14,16H2/t18-,19-,20-/m1/s1. The molecule has 2 bridgehead atoms. The number of ether oxygens (including phenoxy) is 2. The van der Waals surface area contributed by atoms with Crippen LogP contribution in [0, 0.1) is 0 Å². The Morgan fingerprint density at radius 3 is 2.88 bits per heavy atom. The summed E-state index contributed by atoms with van der Waals surface area (Å²) in [4.78, 5) is 9.46. The van der Waals surface area contributed by atoms with Gasteiger partial charge in [0.1, 0.15) is 0 Å². The maximum absolute atomic E-state index is 6.34. The van der Waals surface area contributed by atoms with E-state index in [1.54, 1.807) is 0 Å². The number of piperidine rings is 1. The van der Waals surface area contributed by atoms with E-state index in [0.717, 1.165) is 31.7 Å². The van der Waals surface area contributed by atoms with Gasteiger partial charge in [0.05, 0.1) is 25.4 Å². The average molecular weight is 345 g/mol. The largest absolute Gasteiger partial charge is 0.374 e. The van der Waals surface area contributed by atoms with Gasteiger partial charge in [-0.2, -0.15) is 0 Å². The molecule has 3 aliphatic rings. The van der Waals surface area contributed by atoms with Crippen LogP contribution in [-0.2, 0) is 16.1 Å². The van der Waals surface area contributed by atoms with Gasteiger partial charge in [0.25, 0.3) is 0 Å². The minimum absolute atomic E-state index is 0.198. The number of hydrogen-bond acceptors (Lipinski definition) is 5. The molecule has 2 aliphatic heterocycles. The SMILES string of the molecule is c1cncc(CO[C@@H]2[C@H]3CC[C@H]2OCCN3CCN2CCCCC2)c1. The molecule has 0 unspecified atom stereocenters. The van der Waals surface area contributed by atoms with Crippen LogP contribution in [-0.4, -0.2) is 72.4 Å². The summed E-state index contributed by atoms with van der Waals surface area (Å²) in [6, 6.07) is 4.57. The zero-order valence-corrected chi connectivity index (χ0v) is 15.2. The van der Waals surface area contributed by atoms with Crippen molar-refractivity contribution in [3.8, 4) is 0 Å². The highest BCUT2D eigenvalue weighted by Crippen LogP contribution is 2.32. The molecule has 5 heteroatoms. The van der Waals surface area contributed by atoms with Crippen LogP contribution in [0.4, 0.5) is 0 Å². The van der Waals surface area contributed by atoms with Gasteiger partial charge in [-0.25, -0.2) is 0 Å². The van der Waals surface area contributed by atoms with Crippen LogP contribution in [0.15, 0.2) is 24.5 Å². The van der Waals surface area contributed by atoms with Crippen molar-refractivity contribution in [3.05, 3.63) is 30.1 Å². The molecule has 5 nitrogen and oxygen atoms in total. The normalized spacial score (nSPS) is 31.1. The second-order valence-corrected chi connectivity index (χ2v) is 7.63. The molecule has 0 N–H and O–H groups in total. The van der Waals surface area contributed by atoms with Crippen molar-refractivity contribution in [2.24, 2.45) is 0 Å². The lowest BCUT2D eigenvalue weighted by atomic mass is 10.1. The molecule has 25 heavy (non-hydrogen) atoms. The fraction of sp³-hybridized carbons (Fsp3) is 0.750. The summed E-state index contributed by atoms with van der Waals surface area (Å²) in [5, 5.41) is 0. The molecular weight excluding hydrogens is 314 g/mol. The number of likely N-dealkylation sites (tertiary alicyclic amines) is 1. The van der Waals surface area contributed by atoms with E-state index in [1.807, 2.05) is 18.5 Å². The van der Waals surface area contributed by atoms with E-state index in [0.29, 0.717) is 12.6 Å². The fourth-order valence-corrected chi connectivity index (χ4v) is 4.59. The minimum Gasteiger partial charge on any atom is -0.374 e. The van der Waals surface area contributed by atoms with E-state index in [4.69, 9.17) is 9.47 Å². The number of rotatable bonds is 6. The topological polar surface area (TPSA) is 37.8 Å². The lowest BCUT2D eigenvalue weighted by molar-refractivity contribution is -0.0613. The predicted octanol–water partition coefficient (Wildman–Crippen LogP) is 2.32. The van der Waals surface area contributed by atoms with E-state index in [2.05, 4.69) is 20.9 Å². The first-order valence-electron chi connectivity index (χ1n) is 9.99. The van der Waals surface area contributed by atoms with Gasteiger partial charge in [0.2, 0.25) is 0 Å². The Morgan fingerprint density at radius 1 is 1.12 bits per heavy atom. The molecule has 0 aromatic carbocycles. The third-order valence-electron chi connectivity index (χ3n) is 5.99. The predicted molar refractivity (Wildman–Crippen MR) is 97.4 cm³/mol. The summed E-state index contributed by atoms with van der Waals surface area (Å²) in [7, 11) is 0. The number of hydrogen-bond donors (Lipinski definition) is 0. The second kappa shape index (κ2) is 8.58. The Labute approximate surface area is 151 Å². The summed E-state index contributed by atoms with van der Waals surface area (Å²) in [6.45, 7) is 7.41. The number of fused-ring (bicyclic) bond motifs is 2. The number of pyridine rings is 1. The van der Waals surface area contributed by atoms with Crippen LogP contribution in [0.5, 0.6) is 0 Å². The zero-order chi connectivity index (χ0) is 16.9. The van der Waals surface area contributed by atoms with E-state index in [9.17, 15) is 0 Å². The lowest BCUT2D eigenvalue weighted by Crippen LogP contribution is -2.46. The Balaban J connectivity index is 1.34. The van der Waals surface area contributed by atoms with Gasteiger partial charge in [0.15, 0.2) is 0 Å². The molecule has 3 fully saturated rings. The van der Waals surface area contributed by atoms with Crippen molar-refractivity contribution in [2.75, 3.05) is 39.3 Å². The molecule has 1 saturated carbocycles. The van der Waals surface area contributed by atoms with Crippen LogP contribution in [0.25, 0.3) is 0 Å². The zero-order valence-electron chi connectivity index (χ0n) is 15.2. The highest BCUT2D eigenvalue weighted by molar-refractivity contribution is 5.07. The molecular formula is C20H31N3O2. The summed E-state index contributed by atoms with van der Waals surface area (Å²) in [5.74, 6) is 0. The molecule has 3 heterocycles. The first-order valence-corrected chi connectivity index (χ1v) is 9.99. The molecule has 1 aromatic heterocycles. The van der Waals surface area contributed by atoms with Crippen molar-refractivity contribution in [1.82, 2.24) is 14.8 Å². The molecule has 0 radical (unpaired) electrons. The van der Waals surface area contributed by atoms with Crippen molar-refractivity contribution in [1.29, 1.82) is 0 Å². The maximum atomic E-state index is 6.34. The Morgan fingerprint density at radius 2 is 2.04 bits per heavy atom. The van der Waals surface area contributed by atoms with Crippen LogP contribution >= 0.6 is 0 Å². The van der Waals surface area contributed by atoms with E-state index in [1.165, 1.54) is 45.3 Å². The molecule has 1 aliphatic carbocycles.